The summed E-state index contributed by atoms with van der Waals surface area (Å²) in [5, 5.41) is 9.62. The number of carboxylic acid groups (broad SMARTS) is 1. The van der Waals surface area contributed by atoms with Crippen LogP contribution in [-0.4, -0.2) is 27.7 Å². The van der Waals surface area contributed by atoms with Crippen molar-refractivity contribution in [2.75, 3.05) is 6.61 Å². The van der Waals surface area contributed by atoms with Gasteiger partial charge in [-0.2, -0.15) is 0 Å². The van der Waals surface area contributed by atoms with Gasteiger partial charge in [0.05, 0.1) is 10.6 Å². The highest BCUT2D eigenvalue weighted by atomic mass is 32.1. The average molecular weight is 447 g/mol. The highest BCUT2D eigenvalue weighted by Gasteiger charge is 2.16. The van der Waals surface area contributed by atoms with Gasteiger partial charge >= 0.3 is 5.97 Å². The van der Waals surface area contributed by atoms with Gasteiger partial charge in [-0.3, -0.25) is 4.98 Å². The maximum Gasteiger partial charge on any atom is 0.341 e. The first-order valence-corrected chi connectivity index (χ1v) is 10.9. The SMILES string of the molecule is Cc1ccc(-c2sc(COc3ccc(OCC(=O)O)c(C)c3)nc2-c2cccnc2)cc1. The number of aliphatic carboxylic acids is 1. The molecule has 0 fully saturated rings. The van der Waals surface area contributed by atoms with Crippen molar-refractivity contribution in [2.45, 2.75) is 20.5 Å². The van der Waals surface area contributed by atoms with Gasteiger partial charge in [0.15, 0.2) is 6.61 Å². The van der Waals surface area contributed by atoms with Crippen molar-refractivity contribution in [2.24, 2.45) is 0 Å². The number of carbonyl (C=O) groups is 1. The molecule has 0 radical (unpaired) electrons. The molecule has 0 aliphatic rings. The lowest BCUT2D eigenvalue weighted by Gasteiger charge is -2.09. The van der Waals surface area contributed by atoms with Crippen LogP contribution in [0, 0.1) is 13.8 Å². The average Bonchev–Trinajstić information content (AvgIpc) is 3.22. The number of thiazole rings is 1. The Labute approximate surface area is 190 Å². The van der Waals surface area contributed by atoms with Crippen LogP contribution >= 0.6 is 11.3 Å². The number of hydrogen-bond donors (Lipinski definition) is 1. The largest absolute Gasteiger partial charge is 0.486 e. The maximum absolute atomic E-state index is 10.7. The lowest BCUT2D eigenvalue weighted by atomic mass is 10.1. The van der Waals surface area contributed by atoms with Crippen LogP contribution in [0.5, 0.6) is 11.5 Å². The number of benzene rings is 2. The molecule has 4 aromatic rings. The standard InChI is InChI=1S/C25H22N2O4S/c1-16-5-7-18(8-6-16)25-24(19-4-3-11-26-13-19)27-22(32-25)14-30-20-9-10-21(17(2)12-20)31-15-23(28)29/h3-13H,14-15H2,1-2H3,(H,28,29). The molecule has 0 aliphatic carbocycles. The molecule has 0 amide bonds. The molecule has 32 heavy (non-hydrogen) atoms. The minimum Gasteiger partial charge on any atom is -0.486 e. The number of hydrogen-bond acceptors (Lipinski definition) is 6. The molecule has 0 aliphatic heterocycles. The van der Waals surface area contributed by atoms with Crippen molar-refractivity contribution in [3.8, 4) is 33.2 Å². The van der Waals surface area contributed by atoms with Crippen LogP contribution in [0.25, 0.3) is 21.7 Å². The van der Waals surface area contributed by atoms with Gasteiger partial charge in [0.2, 0.25) is 0 Å². The molecule has 6 nitrogen and oxygen atoms in total. The van der Waals surface area contributed by atoms with Crippen molar-refractivity contribution in [3.63, 3.8) is 0 Å². The summed E-state index contributed by atoms with van der Waals surface area (Å²) in [6.45, 7) is 3.86. The van der Waals surface area contributed by atoms with Gasteiger partial charge in [-0.05, 0) is 55.3 Å². The zero-order valence-electron chi connectivity index (χ0n) is 17.7. The van der Waals surface area contributed by atoms with Crippen LogP contribution < -0.4 is 9.47 Å². The van der Waals surface area contributed by atoms with Crippen molar-refractivity contribution < 1.29 is 19.4 Å². The summed E-state index contributed by atoms with van der Waals surface area (Å²) < 4.78 is 11.2. The summed E-state index contributed by atoms with van der Waals surface area (Å²) in [6.07, 6.45) is 3.56. The van der Waals surface area contributed by atoms with Gasteiger partial charge in [-0.25, -0.2) is 9.78 Å². The molecule has 4 rings (SSSR count). The number of aryl methyl sites for hydroxylation is 2. The number of rotatable bonds is 8. The summed E-state index contributed by atoms with van der Waals surface area (Å²) >= 11 is 1.60. The molecule has 0 unspecified atom stereocenters. The van der Waals surface area contributed by atoms with Gasteiger partial charge in [-0.15, -0.1) is 11.3 Å². The summed E-state index contributed by atoms with van der Waals surface area (Å²) in [5.74, 6) is 0.178. The number of carboxylic acids is 1. The first-order chi connectivity index (χ1) is 15.5. The molecule has 7 heteroatoms. The third-order valence-corrected chi connectivity index (χ3v) is 5.86. The first-order valence-electron chi connectivity index (χ1n) is 10.0. The normalized spacial score (nSPS) is 10.7. The molecule has 0 bridgehead atoms. The summed E-state index contributed by atoms with van der Waals surface area (Å²) in [4.78, 5) is 20.9. The second-order valence-corrected chi connectivity index (χ2v) is 8.38. The topological polar surface area (TPSA) is 81.5 Å². The van der Waals surface area contributed by atoms with E-state index in [1.54, 1.807) is 29.7 Å². The highest BCUT2D eigenvalue weighted by Crippen LogP contribution is 2.37. The van der Waals surface area contributed by atoms with E-state index < -0.39 is 5.97 Å². The maximum atomic E-state index is 10.7. The van der Waals surface area contributed by atoms with E-state index in [-0.39, 0.29) is 6.61 Å². The fourth-order valence-electron chi connectivity index (χ4n) is 3.18. The van der Waals surface area contributed by atoms with E-state index >= 15 is 0 Å². The van der Waals surface area contributed by atoms with Crippen molar-refractivity contribution in [1.29, 1.82) is 0 Å². The summed E-state index contributed by atoms with van der Waals surface area (Å²) in [5.41, 5.74) is 4.96. The molecule has 0 spiro atoms. The fraction of sp³-hybridized carbons (Fsp3) is 0.160. The Morgan fingerprint density at radius 1 is 1.03 bits per heavy atom. The van der Waals surface area contributed by atoms with Crippen molar-refractivity contribution in [3.05, 3.63) is 83.1 Å². The lowest BCUT2D eigenvalue weighted by molar-refractivity contribution is -0.139. The van der Waals surface area contributed by atoms with E-state index in [1.807, 2.05) is 31.3 Å². The van der Waals surface area contributed by atoms with Crippen LogP contribution in [-0.2, 0) is 11.4 Å². The molecular formula is C25H22N2O4S. The van der Waals surface area contributed by atoms with E-state index in [4.69, 9.17) is 19.6 Å². The molecule has 1 N–H and O–H groups in total. The zero-order valence-corrected chi connectivity index (χ0v) is 18.6. The molecule has 2 aromatic heterocycles. The number of aromatic nitrogens is 2. The van der Waals surface area contributed by atoms with E-state index in [0.29, 0.717) is 18.1 Å². The number of nitrogens with zero attached hydrogens (tertiary/aromatic N) is 2. The van der Waals surface area contributed by atoms with Gasteiger partial charge < -0.3 is 14.6 Å². The van der Waals surface area contributed by atoms with Gasteiger partial charge in [0.1, 0.15) is 23.1 Å². The second kappa shape index (κ2) is 9.62. The molecule has 0 saturated carbocycles. The Hall–Kier alpha value is -3.71. The minimum absolute atomic E-state index is 0.318. The number of pyridine rings is 1. The Balaban J connectivity index is 1.56. The molecule has 2 aromatic carbocycles. The Morgan fingerprint density at radius 2 is 1.84 bits per heavy atom. The summed E-state index contributed by atoms with van der Waals surface area (Å²) in [7, 11) is 0. The highest BCUT2D eigenvalue weighted by molar-refractivity contribution is 7.15. The molecule has 0 atom stereocenters. The van der Waals surface area contributed by atoms with E-state index in [0.717, 1.165) is 32.3 Å². The zero-order chi connectivity index (χ0) is 22.5. The molecule has 162 valence electrons. The van der Waals surface area contributed by atoms with E-state index in [2.05, 4.69) is 36.2 Å². The smallest absolute Gasteiger partial charge is 0.341 e. The van der Waals surface area contributed by atoms with E-state index in [9.17, 15) is 4.79 Å². The van der Waals surface area contributed by atoms with Crippen LogP contribution in [0.4, 0.5) is 0 Å². The van der Waals surface area contributed by atoms with Gasteiger partial charge in [0, 0.05) is 18.0 Å². The van der Waals surface area contributed by atoms with Crippen LogP contribution in [0.1, 0.15) is 16.1 Å². The van der Waals surface area contributed by atoms with Crippen molar-refractivity contribution >= 4 is 17.3 Å². The predicted molar refractivity (Wildman–Crippen MR) is 124 cm³/mol. The Bertz CT molecular complexity index is 1220. The minimum atomic E-state index is -1.01. The van der Waals surface area contributed by atoms with Gasteiger partial charge in [-0.1, -0.05) is 29.8 Å². The van der Waals surface area contributed by atoms with Crippen LogP contribution in [0.15, 0.2) is 67.0 Å². The summed E-state index contributed by atoms with van der Waals surface area (Å²) in [6, 6.07) is 17.6. The van der Waals surface area contributed by atoms with Gasteiger partial charge in [0.25, 0.3) is 0 Å². The van der Waals surface area contributed by atoms with Crippen LogP contribution in [0.2, 0.25) is 0 Å². The quantitative estimate of drug-likeness (QED) is 0.383. The third-order valence-electron chi connectivity index (χ3n) is 4.78. The monoisotopic (exact) mass is 446 g/mol. The van der Waals surface area contributed by atoms with Crippen molar-refractivity contribution in [1.82, 2.24) is 9.97 Å². The lowest BCUT2D eigenvalue weighted by Crippen LogP contribution is -2.10. The van der Waals surface area contributed by atoms with E-state index in [1.165, 1.54) is 5.56 Å². The molecule has 0 saturated heterocycles. The molecular weight excluding hydrogens is 424 g/mol. The Morgan fingerprint density at radius 3 is 2.53 bits per heavy atom. The Kier molecular flexibility index (Phi) is 6.47. The van der Waals surface area contributed by atoms with Crippen LogP contribution in [0.3, 0.4) is 0 Å². The number of ether oxygens (including phenoxy) is 2. The molecule has 2 heterocycles. The predicted octanol–water partition coefficient (Wildman–Crippen LogP) is 5.53. The second-order valence-electron chi connectivity index (χ2n) is 7.29. The third kappa shape index (κ3) is 5.12. The first kappa shape index (κ1) is 21.5. The fourth-order valence-corrected chi connectivity index (χ4v) is 4.19.